The van der Waals surface area contributed by atoms with Crippen LogP contribution in [0.2, 0.25) is 5.02 Å². The Morgan fingerprint density at radius 1 is 1.00 bits per heavy atom. The molecule has 2 amide bonds. The number of urea groups is 1. The van der Waals surface area contributed by atoms with E-state index in [1.165, 1.54) is 0 Å². The topological polar surface area (TPSA) is 64.6 Å². The molecule has 2 aliphatic rings. The predicted octanol–water partition coefficient (Wildman–Crippen LogP) is 4.14. The van der Waals surface area contributed by atoms with Gasteiger partial charge in [0.2, 0.25) is 0 Å². The molecule has 1 fully saturated rings. The minimum absolute atomic E-state index is 0.136. The second-order valence-corrected chi connectivity index (χ2v) is 8.65. The summed E-state index contributed by atoms with van der Waals surface area (Å²) in [5.74, 6) is 0. The molecule has 0 radical (unpaired) electrons. The van der Waals surface area contributed by atoms with Crippen LogP contribution in [0.15, 0.2) is 54.7 Å². The highest BCUT2D eigenvalue weighted by Gasteiger charge is 2.28. The summed E-state index contributed by atoms with van der Waals surface area (Å²) in [4.78, 5) is 19.5. The first-order valence-corrected chi connectivity index (χ1v) is 11.2. The molecule has 164 valence electrons. The summed E-state index contributed by atoms with van der Waals surface area (Å²) in [5, 5.41) is 11.8. The summed E-state index contributed by atoms with van der Waals surface area (Å²) in [6, 6.07) is 15.4. The van der Waals surface area contributed by atoms with Gasteiger partial charge in [0.1, 0.15) is 0 Å². The first-order chi connectivity index (χ1) is 15.6. The van der Waals surface area contributed by atoms with Crippen LogP contribution in [0, 0.1) is 0 Å². The number of hydrogen-bond donors (Lipinski definition) is 1. The van der Waals surface area contributed by atoms with Crippen LogP contribution in [0.25, 0.3) is 11.3 Å². The third kappa shape index (κ3) is 4.13. The predicted molar refractivity (Wildman–Crippen MR) is 129 cm³/mol. The van der Waals surface area contributed by atoms with Gasteiger partial charge in [-0.2, -0.15) is 10.2 Å². The Morgan fingerprint density at radius 2 is 1.78 bits per heavy atom. The van der Waals surface area contributed by atoms with Gasteiger partial charge in [-0.3, -0.25) is 4.90 Å². The normalized spacial score (nSPS) is 16.2. The molecule has 5 rings (SSSR count). The average Bonchev–Trinajstić information content (AvgIpc) is 3.23. The van der Waals surface area contributed by atoms with Gasteiger partial charge >= 0.3 is 6.03 Å². The van der Waals surface area contributed by atoms with Gasteiger partial charge in [-0.05, 0) is 55.4 Å². The number of benzene rings is 2. The molecular formula is C24H25ClN6O. The molecule has 8 heteroatoms. The summed E-state index contributed by atoms with van der Waals surface area (Å²) >= 11 is 6.62. The summed E-state index contributed by atoms with van der Waals surface area (Å²) < 4.78 is 0. The summed E-state index contributed by atoms with van der Waals surface area (Å²) in [7, 11) is 2.13. The lowest BCUT2D eigenvalue weighted by atomic mass is 10.1. The maximum Gasteiger partial charge on any atom is 0.326 e. The fraction of sp³-hybridized carbons (Fsp3) is 0.292. The number of anilines is 3. The number of aromatic nitrogens is 2. The Kier molecular flexibility index (Phi) is 5.68. The van der Waals surface area contributed by atoms with E-state index in [0.717, 1.165) is 71.5 Å². The van der Waals surface area contributed by atoms with Crippen molar-refractivity contribution < 1.29 is 4.79 Å². The molecule has 7 nitrogen and oxygen atoms in total. The number of nitrogens with zero attached hydrogens (tertiary/aromatic N) is 5. The number of piperazine rings is 1. The van der Waals surface area contributed by atoms with E-state index in [1.807, 2.05) is 47.4 Å². The van der Waals surface area contributed by atoms with Gasteiger partial charge in [0.15, 0.2) is 0 Å². The van der Waals surface area contributed by atoms with E-state index in [0.29, 0.717) is 6.54 Å². The minimum atomic E-state index is -0.136. The molecule has 2 aliphatic heterocycles. The number of carbonyl (C=O) groups is 1. The van der Waals surface area contributed by atoms with E-state index >= 15 is 0 Å². The van der Waals surface area contributed by atoms with Crippen molar-refractivity contribution in [2.75, 3.05) is 54.9 Å². The molecular weight excluding hydrogens is 424 g/mol. The molecule has 2 aromatic carbocycles. The quantitative estimate of drug-likeness (QED) is 0.652. The van der Waals surface area contributed by atoms with Crippen molar-refractivity contribution in [2.45, 2.75) is 6.42 Å². The molecule has 3 aromatic rings. The standard InChI is InChI=1S/C24H25ClN6O/c1-29-11-13-30(14-12-29)23-16-22-18(15-20(23)25)8-10-31(22)24(32)27-19-6-4-17(5-7-19)21-3-2-9-26-28-21/h2-7,9,15-16H,8,10-14H2,1H3,(H,27,32). The first kappa shape index (κ1) is 20.7. The Balaban J connectivity index is 1.32. The maximum atomic E-state index is 13.1. The Labute approximate surface area is 192 Å². The molecule has 1 aromatic heterocycles. The molecule has 0 aliphatic carbocycles. The highest BCUT2D eigenvalue weighted by atomic mass is 35.5. The number of likely N-dealkylation sites (N-methyl/N-ethyl adjacent to an activating group) is 1. The summed E-state index contributed by atoms with van der Waals surface area (Å²) in [5.41, 5.74) is 5.55. The van der Waals surface area contributed by atoms with Gasteiger partial charge in [-0.15, -0.1) is 0 Å². The number of rotatable bonds is 3. The Bertz CT molecular complexity index is 1110. The zero-order valence-corrected chi connectivity index (χ0v) is 18.7. The molecule has 1 N–H and O–H groups in total. The van der Waals surface area contributed by atoms with Crippen LogP contribution < -0.4 is 15.1 Å². The molecule has 0 bridgehead atoms. The molecule has 3 heterocycles. The van der Waals surface area contributed by atoms with E-state index in [2.05, 4.69) is 38.4 Å². The van der Waals surface area contributed by atoms with Gasteiger partial charge in [0, 0.05) is 50.2 Å². The second-order valence-electron chi connectivity index (χ2n) is 8.24. The number of amides is 2. The maximum absolute atomic E-state index is 13.1. The largest absolute Gasteiger partial charge is 0.368 e. The number of hydrogen-bond acceptors (Lipinski definition) is 5. The van der Waals surface area contributed by atoms with Crippen molar-refractivity contribution in [2.24, 2.45) is 0 Å². The van der Waals surface area contributed by atoms with Crippen LogP contribution in [0.1, 0.15) is 5.56 Å². The van der Waals surface area contributed by atoms with Crippen molar-refractivity contribution in [1.82, 2.24) is 15.1 Å². The second kappa shape index (κ2) is 8.76. The van der Waals surface area contributed by atoms with Crippen molar-refractivity contribution in [3.05, 3.63) is 65.3 Å². The SMILES string of the molecule is CN1CCN(c2cc3c(cc2Cl)CCN3C(=O)Nc2ccc(-c3cccnn3)cc2)CC1. The third-order valence-corrected chi connectivity index (χ3v) is 6.44. The number of halogens is 1. The highest BCUT2D eigenvalue weighted by Crippen LogP contribution is 2.38. The molecule has 32 heavy (non-hydrogen) atoms. The number of carbonyl (C=O) groups excluding carboxylic acids is 1. The highest BCUT2D eigenvalue weighted by molar-refractivity contribution is 6.33. The monoisotopic (exact) mass is 448 g/mol. The number of fused-ring (bicyclic) bond motifs is 1. The zero-order chi connectivity index (χ0) is 22.1. The van der Waals surface area contributed by atoms with Gasteiger partial charge in [0.05, 0.1) is 22.1 Å². The Hall–Kier alpha value is -3.16. The summed E-state index contributed by atoms with van der Waals surface area (Å²) in [6.45, 7) is 4.50. The van der Waals surface area contributed by atoms with E-state index in [1.54, 1.807) is 6.20 Å². The van der Waals surface area contributed by atoms with Crippen LogP contribution in [0.5, 0.6) is 0 Å². The lowest BCUT2D eigenvalue weighted by Gasteiger charge is -2.35. The van der Waals surface area contributed by atoms with Gasteiger partial charge < -0.3 is 15.1 Å². The van der Waals surface area contributed by atoms with Gasteiger partial charge in [0.25, 0.3) is 0 Å². The van der Waals surface area contributed by atoms with E-state index < -0.39 is 0 Å². The van der Waals surface area contributed by atoms with Crippen molar-refractivity contribution in [3.8, 4) is 11.3 Å². The van der Waals surface area contributed by atoms with Crippen LogP contribution >= 0.6 is 11.6 Å². The molecule has 1 saturated heterocycles. The van der Waals surface area contributed by atoms with Gasteiger partial charge in [-0.25, -0.2) is 4.79 Å². The summed E-state index contributed by atoms with van der Waals surface area (Å²) in [6.07, 6.45) is 2.45. The van der Waals surface area contributed by atoms with Crippen LogP contribution in [0.3, 0.4) is 0 Å². The van der Waals surface area contributed by atoms with Gasteiger partial charge in [-0.1, -0.05) is 23.7 Å². The van der Waals surface area contributed by atoms with Crippen LogP contribution in [0.4, 0.5) is 21.9 Å². The fourth-order valence-electron chi connectivity index (χ4n) is 4.27. The van der Waals surface area contributed by atoms with E-state index in [4.69, 9.17) is 11.6 Å². The Morgan fingerprint density at radius 3 is 2.50 bits per heavy atom. The molecule has 0 atom stereocenters. The van der Waals surface area contributed by atoms with Crippen LogP contribution in [-0.4, -0.2) is 60.9 Å². The lowest BCUT2D eigenvalue weighted by molar-refractivity contribution is 0.257. The third-order valence-electron chi connectivity index (χ3n) is 6.14. The van der Waals surface area contributed by atoms with Crippen molar-refractivity contribution in [3.63, 3.8) is 0 Å². The van der Waals surface area contributed by atoms with E-state index in [-0.39, 0.29) is 6.03 Å². The fourth-order valence-corrected chi connectivity index (χ4v) is 4.57. The first-order valence-electron chi connectivity index (χ1n) is 10.8. The zero-order valence-electron chi connectivity index (χ0n) is 18.0. The molecule has 0 unspecified atom stereocenters. The van der Waals surface area contributed by atoms with Crippen LogP contribution in [-0.2, 0) is 6.42 Å². The minimum Gasteiger partial charge on any atom is -0.368 e. The van der Waals surface area contributed by atoms with Crippen molar-refractivity contribution >= 4 is 34.7 Å². The smallest absolute Gasteiger partial charge is 0.326 e. The molecule has 0 spiro atoms. The average molecular weight is 449 g/mol. The van der Waals surface area contributed by atoms with E-state index in [9.17, 15) is 4.79 Å². The lowest BCUT2D eigenvalue weighted by Crippen LogP contribution is -2.44. The number of nitrogens with one attached hydrogen (secondary N) is 1. The van der Waals surface area contributed by atoms with Crippen molar-refractivity contribution in [1.29, 1.82) is 0 Å². The molecule has 0 saturated carbocycles.